The van der Waals surface area contributed by atoms with Crippen molar-refractivity contribution in [3.63, 3.8) is 0 Å². The molecular formula is C12H18N2OS. The van der Waals surface area contributed by atoms with Crippen LogP contribution in [0.1, 0.15) is 18.9 Å². The highest BCUT2D eigenvalue weighted by molar-refractivity contribution is 7.99. The van der Waals surface area contributed by atoms with Crippen LogP contribution in [0.3, 0.4) is 0 Å². The van der Waals surface area contributed by atoms with E-state index in [1.807, 2.05) is 24.8 Å². The number of pyridine rings is 1. The lowest BCUT2D eigenvalue weighted by Crippen LogP contribution is -2.28. The Morgan fingerprint density at radius 1 is 1.62 bits per heavy atom. The van der Waals surface area contributed by atoms with Gasteiger partial charge in [0.2, 0.25) is 5.88 Å². The van der Waals surface area contributed by atoms with Crippen LogP contribution in [-0.4, -0.2) is 29.1 Å². The fourth-order valence-electron chi connectivity index (χ4n) is 1.78. The molecule has 0 bridgehead atoms. The summed E-state index contributed by atoms with van der Waals surface area (Å²) >= 11 is 2.02. The normalized spacial score (nSPS) is 19.9. The summed E-state index contributed by atoms with van der Waals surface area (Å²) < 4.78 is 5.50. The van der Waals surface area contributed by atoms with Crippen LogP contribution >= 0.6 is 11.8 Å². The first-order chi connectivity index (χ1) is 7.90. The number of rotatable bonds is 5. The predicted molar refractivity (Wildman–Crippen MR) is 68.0 cm³/mol. The molecule has 0 aromatic carbocycles. The molecule has 0 spiro atoms. The van der Waals surface area contributed by atoms with Crippen LogP contribution in [0, 0.1) is 0 Å². The summed E-state index contributed by atoms with van der Waals surface area (Å²) in [6.45, 7) is 3.51. The Hall–Kier alpha value is -0.740. The summed E-state index contributed by atoms with van der Waals surface area (Å²) in [6, 6.07) is 4.69. The zero-order valence-corrected chi connectivity index (χ0v) is 10.4. The quantitative estimate of drug-likeness (QED) is 0.851. The van der Waals surface area contributed by atoms with Crippen LogP contribution in [0.5, 0.6) is 5.88 Å². The highest BCUT2D eigenvalue weighted by Gasteiger charge is 2.15. The number of aromatic nitrogens is 1. The highest BCUT2D eigenvalue weighted by Crippen LogP contribution is 2.19. The SMILES string of the molecule is CCOc1ncccc1CNC1CCSC1. The van der Waals surface area contributed by atoms with Crippen LogP contribution in [-0.2, 0) is 6.54 Å². The van der Waals surface area contributed by atoms with E-state index in [1.165, 1.54) is 17.9 Å². The molecule has 16 heavy (non-hydrogen) atoms. The first kappa shape index (κ1) is 11.7. The molecule has 0 amide bonds. The first-order valence-electron chi connectivity index (χ1n) is 5.78. The second-order valence-electron chi connectivity index (χ2n) is 3.84. The van der Waals surface area contributed by atoms with Gasteiger partial charge in [-0.2, -0.15) is 11.8 Å². The number of hydrogen-bond acceptors (Lipinski definition) is 4. The van der Waals surface area contributed by atoms with Gasteiger partial charge in [-0.05, 0) is 25.2 Å². The van der Waals surface area contributed by atoms with E-state index in [4.69, 9.17) is 4.74 Å². The third-order valence-corrected chi connectivity index (χ3v) is 3.80. The lowest BCUT2D eigenvalue weighted by Gasteiger charge is -2.13. The number of nitrogens with zero attached hydrogens (tertiary/aromatic N) is 1. The second-order valence-corrected chi connectivity index (χ2v) is 4.99. The van der Waals surface area contributed by atoms with Crippen molar-refractivity contribution >= 4 is 11.8 Å². The fourth-order valence-corrected chi connectivity index (χ4v) is 2.96. The number of ether oxygens (including phenoxy) is 1. The molecule has 88 valence electrons. The maximum atomic E-state index is 5.50. The summed E-state index contributed by atoms with van der Waals surface area (Å²) in [5.41, 5.74) is 1.15. The van der Waals surface area contributed by atoms with Gasteiger partial charge >= 0.3 is 0 Å². The molecule has 0 aliphatic carbocycles. The Morgan fingerprint density at radius 3 is 3.31 bits per heavy atom. The molecule has 4 heteroatoms. The molecule has 2 heterocycles. The Kier molecular flexibility index (Phi) is 4.48. The molecular weight excluding hydrogens is 220 g/mol. The Morgan fingerprint density at radius 2 is 2.56 bits per heavy atom. The summed E-state index contributed by atoms with van der Waals surface area (Å²) in [4.78, 5) is 4.25. The Balaban J connectivity index is 1.91. The molecule has 1 unspecified atom stereocenters. The fraction of sp³-hybridized carbons (Fsp3) is 0.583. The molecule has 1 atom stereocenters. The summed E-state index contributed by atoms with van der Waals surface area (Å²) in [7, 11) is 0. The summed E-state index contributed by atoms with van der Waals surface area (Å²) in [6.07, 6.45) is 3.05. The van der Waals surface area contributed by atoms with Gasteiger partial charge in [0.15, 0.2) is 0 Å². The zero-order valence-electron chi connectivity index (χ0n) is 9.61. The molecule has 3 nitrogen and oxygen atoms in total. The minimum absolute atomic E-state index is 0.652. The largest absolute Gasteiger partial charge is 0.478 e. The number of nitrogens with one attached hydrogen (secondary N) is 1. The Bertz CT molecular complexity index is 327. The molecule has 1 aliphatic rings. The van der Waals surface area contributed by atoms with E-state index < -0.39 is 0 Å². The molecule has 1 aromatic heterocycles. The molecule has 1 fully saturated rings. The van der Waals surface area contributed by atoms with Crippen molar-refractivity contribution in [2.75, 3.05) is 18.1 Å². The van der Waals surface area contributed by atoms with Crippen LogP contribution in [0.15, 0.2) is 18.3 Å². The minimum Gasteiger partial charge on any atom is -0.478 e. The van der Waals surface area contributed by atoms with Gasteiger partial charge in [0, 0.05) is 30.1 Å². The van der Waals surface area contributed by atoms with E-state index in [9.17, 15) is 0 Å². The average Bonchev–Trinajstić information content (AvgIpc) is 2.81. The van der Waals surface area contributed by atoms with Gasteiger partial charge < -0.3 is 10.1 Å². The van der Waals surface area contributed by atoms with Crippen molar-refractivity contribution < 1.29 is 4.74 Å². The number of thioether (sulfide) groups is 1. The van der Waals surface area contributed by atoms with Crippen LogP contribution in [0.4, 0.5) is 0 Å². The minimum atomic E-state index is 0.652. The zero-order chi connectivity index (χ0) is 11.2. The van der Waals surface area contributed by atoms with Crippen molar-refractivity contribution in [3.05, 3.63) is 23.9 Å². The van der Waals surface area contributed by atoms with E-state index >= 15 is 0 Å². The van der Waals surface area contributed by atoms with Gasteiger partial charge in [0.05, 0.1) is 6.61 Å². The molecule has 0 saturated carbocycles. The van der Waals surface area contributed by atoms with E-state index in [0.717, 1.165) is 18.0 Å². The van der Waals surface area contributed by atoms with Crippen molar-refractivity contribution in [3.8, 4) is 5.88 Å². The van der Waals surface area contributed by atoms with Crippen molar-refractivity contribution in [1.82, 2.24) is 10.3 Å². The van der Waals surface area contributed by atoms with Crippen LogP contribution in [0.2, 0.25) is 0 Å². The maximum Gasteiger partial charge on any atom is 0.217 e. The molecule has 1 saturated heterocycles. The second kappa shape index (κ2) is 6.11. The van der Waals surface area contributed by atoms with E-state index in [1.54, 1.807) is 6.20 Å². The lowest BCUT2D eigenvalue weighted by atomic mass is 10.2. The van der Waals surface area contributed by atoms with Gasteiger partial charge in [0.1, 0.15) is 0 Å². The molecule has 1 aromatic rings. The standard InChI is InChI=1S/C12H18N2OS/c1-2-15-12-10(4-3-6-13-12)8-14-11-5-7-16-9-11/h3-4,6,11,14H,2,5,7-9H2,1H3. The molecule has 2 rings (SSSR count). The van der Waals surface area contributed by atoms with E-state index in [0.29, 0.717) is 12.6 Å². The highest BCUT2D eigenvalue weighted by atomic mass is 32.2. The number of hydrogen-bond donors (Lipinski definition) is 1. The van der Waals surface area contributed by atoms with Crippen molar-refractivity contribution in [2.24, 2.45) is 0 Å². The predicted octanol–water partition coefficient (Wildman–Crippen LogP) is 2.08. The maximum absolute atomic E-state index is 5.50. The summed E-state index contributed by atoms with van der Waals surface area (Å²) in [5.74, 6) is 3.27. The van der Waals surface area contributed by atoms with Gasteiger partial charge in [-0.3, -0.25) is 0 Å². The monoisotopic (exact) mass is 238 g/mol. The van der Waals surface area contributed by atoms with Gasteiger partial charge in [-0.25, -0.2) is 4.98 Å². The van der Waals surface area contributed by atoms with Gasteiger partial charge in [-0.1, -0.05) is 6.07 Å². The molecule has 1 N–H and O–H groups in total. The average molecular weight is 238 g/mol. The molecule has 1 aliphatic heterocycles. The summed E-state index contributed by atoms with van der Waals surface area (Å²) in [5, 5.41) is 3.56. The Labute approximate surface area is 101 Å². The van der Waals surface area contributed by atoms with E-state index in [2.05, 4.69) is 16.4 Å². The van der Waals surface area contributed by atoms with E-state index in [-0.39, 0.29) is 0 Å². The molecule has 0 radical (unpaired) electrons. The van der Waals surface area contributed by atoms with Crippen molar-refractivity contribution in [1.29, 1.82) is 0 Å². The lowest BCUT2D eigenvalue weighted by molar-refractivity contribution is 0.321. The van der Waals surface area contributed by atoms with Crippen LogP contribution < -0.4 is 10.1 Å². The smallest absolute Gasteiger partial charge is 0.217 e. The third-order valence-electron chi connectivity index (χ3n) is 2.64. The van der Waals surface area contributed by atoms with Gasteiger partial charge in [-0.15, -0.1) is 0 Å². The third kappa shape index (κ3) is 3.12. The van der Waals surface area contributed by atoms with Gasteiger partial charge in [0.25, 0.3) is 0 Å². The van der Waals surface area contributed by atoms with Crippen LogP contribution in [0.25, 0.3) is 0 Å². The first-order valence-corrected chi connectivity index (χ1v) is 6.93. The van der Waals surface area contributed by atoms with Crippen molar-refractivity contribution in [2.45, 2.75) is 25.9 Å². The topological polar surface area (TPSA) is 34.1 Å².